The Labute approximate surface area is 78.1 Å². The molecule has 0 spiro atoms. The third-order valence-corrected chi connectivity index (χ3v) is 3.33. The Hall–Kier alpha value is 0.740. The highest BCUT2D eigenvalue weighted by atomic mass is 33.1. The van der Waals surface area contributed by atoms with E-state index < -0.39 is 0 Å². The maximum absolute atomic E-state index is 10.2. The first-order valence-corrected chi connectivity index (χ1v) is 5.69. The summed E-state index contributed by atoms with van der Waals surface area (Å²) in [6, 6.07) is 0. The van der Waals surface area contributed by atoms with E-state index in [1.54, 1.807) is 0 Å². The lowest BCUT2D eigenvalue weighted by Gasteiger charge is -1.92. The molecule has 0 aliphatic rings. The van der Waals surface area contributed by atoms with Crippen molar-refractivity contribution in [3.05, 3.63) is 0 Å². The van der Waals surface area contributed by atoms with E-state index in [-0.39, 0.29) is 10.2 Å². The molecule has 0 heterocycles. The molecule has 0 bridgehead atoms. The van der Waals surface area contributed by atoms with Crippen molar-refractivity contribution in [2.24, 2.45) is 0 Å². The van der Waals surface area contributed by atoms with Crippen molar-refractivity contribution in [3.8, 4) is 0 Å². The van der Waals surface area contributed by atoms with Crippen molar-refractivity contribution in [1.82, 2.24) is 0 Å². The van der Waals surface area contributed by atoms with Gasteiger partial charge in [-0.05, 0) is 0 Å². The summed E-state index contributed by atoms with van der Waals surface area (Å²) in [5.74, 6) is 0.656. The van der Waals surface area contributed by atoms with Crippen LogP contribution in [0.3, 0.4) is 0 Å². The van der Waals surface area contributed by atoms with Crippen LogP contribution in [-0.2, 0) is 9.59 Å². The molecule has 10 heavy (non-hydrogen) atoms. The van der Waals surface area contributed by atoms with E-state index in [2.05, 4.69) is 25.3 Å². The van der Waals surface area contributed by atoms with Gasteiger partial charge in [-0.15, -0.1) is 25.3 Å². The van der Waals surface area contributed by atoms with E-state index in [9.17, 15) is 9.59 Å². The van der Waals surface area contributed by atoms with E-state index in [0.717, 1.165) is 0 Å². The van der Waals surface area contributed by atoms with Crippen LogP contribution in [-0.4, -0.2) is 21.7 Å². The maximum Gasteiger partial charge on any atom is 0.196 e. The molecule has 0 atom stereocenters. The van der Waals surface area contributed by atoms with Crippen LogP contribution in [0.2, 0.25) is 0 Å². The molecule has 0 aromatic heterocycles. The molecule has 0 amide bonds. The molecule has 0 aromatic rings. The summed E-state index contributed by atoms with van der Waals surface area (Å²) < 4.78 is 0. The van der Waals surface area contributed by atoms with Crippen LogP contribution >= 0.6 is 46.8 Å². The lowest BCUT2D eigenvalue weighted by molar-refractivity contribution is -0.109. The minimum atomic E-state index is -0.177. The van der Waals surface area contributed by atoms with Crippen molar-refractivity contribution >= 4 is 57.1 Å². The minimum absolute atomic E-state index is 0.177. The third-order valence-electron chi connectivity index (χ3n) is 0.448. The smallest absolute Gasteiger partial charge is 0.196 e. The van der Waals surface area contributed by atoms with Crippen LogP contribution in [0.15, 0.2) is 0 Å². The molecular weight excluding hydrogens is 208 g/mol. The maximum atomic E-state index is 10.2. The third kappa shape index (κ3) is 8.74. The molecule has 2 nitrogen and oxygen atoms in total. The van der Waals surface area contributed by atoms with Crippen molar-refractivity contribution in [3.63, 3.8) is 0 Å². The zero-order valence-electron chi connectivity index (χ0n) is 4.94. The highest BCUT2D eigenvalue weighted by Gasteiger charge is 1.97. The molecule has 0 radical (unpaired) electrons. The number of hydrogen-bond acceptors (Lipinski definition) is 4. The van der Waals surface area contributed by atoms with Gasteiger partial charge in [-0.1, -0.05) is 21.6 Å². The van der Waals surface area contributed by atoms with Crippen LogP contribution < -0.4 is 0 Å². The SMILES string of the molecule is O=C(S)CSSCC(=O)S. The summed E-state index contributed by atoms with van der Waals surface area (Å²) in [6.07, 6.45) is 0. The van der Waals surface area contributed by atoms with E-state index in [1.165, 1.54) is 21.6 Å². The average Bonchev–Trinajstić information content (AvgIpc) is 1.79. The molecule has 0 saturated heterocycles. The fraction of sp³-hybridized carbons (Fsp3) is 0.500. The molecule has 0 rings (SSSR count). The standard InChI is InChI=1S/C4H6O2S4/c5-3(7)1-9-10-2-4(6)8/h1-2H2,(H,5,7)(H,6,8). The number of carbonyl (C=O) groups excluding carboxylic acids is 2. The second-order valence-electron chi connectivity index (χ2n) is 1.31. The molecule has 0 fully saturated rings. The van der Waals surface area contributed by atoms with Crippen molar-refractivity contribution in [1.29, 1.82) is 0 Å². The van der Waals surface area contributed by atoms with Crippen LogP contribution in [0.1, 0.15) is 0 Å². The Bertz CT molecular complexity index is 119. The summed E-state index contributed by atoms with van der Waals surface area (Å²) in [5.41, 5.74) is 0. The van der Waals surface area contributed by atoms with Crippen LogP contribution in [0, 0.1) is 0 Å². The largest absolute Gasteiger partial charge is 0.287 e. The van der Waals surface area contributed by atoms with Gasteiger partial charge in [0, 0.05) is 0 Å². The van der Waals surface area contributed by atoms with Crippen LogP contribution in [0.5, 0.6) is 0 Å². The number of carbonyl (C=O) groups is 2. The number of thiol groups is 2. The highest BCUT2D eigenvalue weighted by Crippen LogP contribution is 2.21. The molecule has 0 aromatic carbocycles. The van der Waals surface area contributed by atoms with E-state index >= 15 is 0 Å². The summed E-state index contributed by atoms with van der Waals surface area (Å²) in [7, 11) is 2.62. The van der Waals surface area contributed by atoms with Gasteiger partial charge in [-0.2, -0.15) is 0 Å². The lowest BCUT2D eigenvalue weighted by atomic mass is 10.9. The van der Waals surface area contributed by atoms with Crippen molar-refractivity contribution in [2.75, 3.05) is 11.5 Å². The van der Waals surface area contributed by atoms with E-state index in [4.69, 9.17) is 0 Å². The van der Waals surface area contributed by atoms with Gasteiger partial charge in [0.25, 0.3) is 0 Å². The quantitative estimate of drug-likeness (QED) is 0.410. The van der Waals surface area contributed by atoms with Gasteiger partial charge in [0.05, 0.1) is 11.5 Å². The van der Waals surface area contributed by atoms with Crippen molar-refractivity contribution in [2.45, 2.75) is 0 Å². The average molecular weight is 214 g/mol. The van der Waals surface area contributed by atoms with Gasteiger partial charge in [0.2, 0.25) is 0 Å². The normalized spacial score (nSPS) is 9.40. The van der Waals surface area contributed by atoms with E-state index in [1.807, 2.05) is 0 Å². The van der Waals surface area contributed by atoms with Crippen LogP contribution in [0.4, 0.5) is 0 Å². The first-order chi connectivity index (χ1) is 4.63. The Kier molecular flexibility index (Phi) is 6.93. The van der Waals surface area contributed by atoms with Gasteiger partial charge in [-0.3, -0.25) is 9.59 Å². The summed E-state index contributed by atoms with van der Waals surface area (Å²) >= 11 is 7.09. The fourth-order valence-electron chi connectivity index (χ4n) is 0.184. The molecule has 0 saturated carbocycles. The Morgan fingerprint density at radius 1 is 1.00 bits per heavy atom. The molecule has 0 aliphatic carbocycles. The van der Waals surface area contributed by atoms with Gasteiger partial charge in [-0.25, -0.2) is 0 Å². The Balaban J connectivity index is 3.06. The van der Waals surface area contributed by atoms with Gasteiger partial charge >= 0.3 is 0 Å². The summed E-state index contributed by atoms with van der Waals surface area (Å²) in [4.78, 5) is 20.4. The summed E-state index contributed by atoms with van der Waals surface area (Å²) in [6.45, 7) is 0. The topological polar surface area (TPSA) is 34.1 Å². The number of rotatable bonds is 5. The molecule has 0 aliphatic heterocycles. The Morgan fingerprint density at radius 2 is 1.30 bits per heavy atom. The van der Waals surface area contributed by atoms with E-state index in [0.29, 0.717) is 11.5 Å². The predicted molar refractivity (Wildman–Crippen MR) is 52.9 cm³/mol. The highest BCUT2D eigenvalue weighted by molar-refractivity contribution is 8.77. The van der Waals surface area contributed by atoms with Crippen LogP contribution in [0.25, 0.3) is 0 Å². The molecular formula is C4H6O2S4. The second kappa shape index (κ2) is 6.45. The zero-order valence-corrected chi connectivity index (χ0v) is 8.36. The van der Waals surface area contributed by atoms with Gasteiger partial charge in [0.1, 0.15) is 0 Å². The summed E-state index contributed by atoms with van der Waals surface area (Å²) in [5, 5.41) is -0.353. The molecule has 0 N–H and O–H groups in total. The first-order valence-electron chi connectivity index (χ1n) is 2.31. The lowest BCUT2D eigenvalue weighted by Crippen LogP contribution is -1.90. The molecule has 0 unspecified atom stereocenters. The van der Waals surface area contributed by atoms with Gasteiger partial charge < -0.3 is 0 Å². The minimum Gasteiger partial charge on any atom is -0.287 e. The van der Waals surface area contributed by atoms with Crippen molar-refractivity contribution < 1.29 is 9.59 Å². The zero-order chi connectivity index (χ0) is 7.98. The molecule has 58 valence electrons. The monoisotopic (exact) mass is 214 g/mol. The second-order valence-corrected chi connectivity index (χ2v) is 4.77. The van der Waals surface area contributed by atoms with Gasteiger partial charge in [0.15, 0.2) is 10.2 Å². The predicted octanol–water partition coefficient (Wildman–Crippen LogP) is 1.28. The molecule has 6 heteroatoms. The first kappa shape index (κ1) is 10.7. The fourth-order valence-corrected chi connectivity index (χ4v) is 2.61. The Morgan fingerprint density at radius 3 is 1.50 bits per heavy atom. The number of hydrogen-bond donors (Lipinski definition) is 2.